The van der Waals surface area contributed by atoms with Gasteiger partial charge in [-0.05, 0) is 30.9 Å². The van der Waals surface area contributed by atoms with Gasteiger partial charge in [0.05, 0.1) is 11.0 Å². The maximum absolute atomic E-state index is 8.96. The van der Waals surface area contributed by atoms with Crippen LogP contribution in [0.1, 0.15) is 12.8 Å². The molecule has 1 fully saturated rings. The maximum atomic E-state index is 8.96. The Hall–Kier alpha value is -1.55. The van der Waals surface area contributed by atoms with Crippen LogP contribution in [-0.4, -0.2) is 34.8 Å². The molecular formula is C13H17N3O. The van der Waals surface area contributed by atoms with Crippen molar-refractivity contribution in [3.05, 3.63) is 24.3 Å². The highest BCUT2D eigenvalue weighted by Crippen LogP contribution is 2.25. The Balaban J connectivity index is 1.80. The van der Waals surface area contributed by atoms with Gasteiger partial charge in [-0.2, -0.15) is 0 Å². The molecule has 1 aromatic carbocycles. The molecule has 3 rings (SSSR count). The highest BCUT2D eigenvalue weighted by molar-refractivity contribution is 5.77. The quantitative estimate of drug-likeness (QED) is 0.846. The van der Waals surface area contributed by atoms with Crippen molar-refractivity contribution < 1.29 is 5.11 Å². The molecule has 0 bridgehead atoms. The number of aliphatic hydroxyl groups is 1. The van der Waals surface area contributed by atoms with E-state index in [0.717, 1.165) is 42.9 Å². The lowest BCUT2D eigenvalue weighted by molar-refractivity contribution is 0.263. The molecule has 0 aliphatic carbocycles. The van der Waals surface area contributed by atoms with E-state index in [2.05, 4.69) is 14.9 Å². The van der Waals surface area contributed by atoms with E-state index in [0.29, 0.717) is 12.5 Å². The number of aliphatic hydroxyl groups excluding tert-OH is 1. The summed E-state index contributed by atoms with van der Waals surface area (Å²) >= 11 is 0. The van der Waals surface area contributed by atoms with E-state index in [1.54, 1.807) is 0 Å². The van der Waals surface area contributed by atoms with Gasteiger partial charge in [0.15, 0.2) is 0 Å². The molecule has 1 aliphatic rings. The Bertz CT molecular complexity index is 475. The fourth-order valence-electron chi connectivity index (χ4n) is 2.53. The third-order valence-corrected chi connectivity index (χ3v) is 3.50. The predicted octanol–water partition coefficient (Wildman–Crippen LogP) is 1.77. The number of anilines is 1. The summed E-state index contributed by atoms with van der Waals surface area (Å²) in [7, 11) is 0. The second-order valence-corrected chi connectivity index (χ2v) is 4.69. The van der Waals surface area contributed by atoms with Gasteiger partial charge < -0.3 is 15.0 Å². The molecule has 1 unspecified atom stereocenters. The summed E-state index contributed by atoms with van der Waals surface area (Å²) < 4.78 is 0. The average molecular weight is 231 g/mol. The number of imidazole rings is 1. The van der Waals surface area contributed by atoms with Crippen LogP contribution in [0.25, 0.3) is 11.0 Å². The zero-order chi connectivity index (χ0) is 11.7. The van der Waals surface area contributed by atoms with Crippen LogP contribution in [0.15, 0.2) is 24.3 Å². The van der Waals surface area contributed by atoms with Crippen molar-refractivity contribution in [1.82, 2.24) is 9.97 Å². The average Bonchev–Trinajstić information content (AvgIpc) is 2.94. The summed E-state index contributed by atoms with van der Waals surface area (Å²) in [5.74, 6) is 1.57. The molecule has 1 saturated heterocycles. The van der Waals surface area contributed by atoms with Crippen LogP contribution in [0.5, 0.6) is 0 Å². The number of H-pyrrole nitrogens is 1. The molecule has 2 N–H and O–H groups in total. The maximum Gasteiger partial charge on any atom is 0.203 e. The van der Waals surface area contributed by atoms with Gasteiger partial charge >= 0.3 is 0 Å². The van der Waals surface area contributed by atoms with E-state index in [4.69, 9.17) is 5.11 Å². The highest BCUT2D eigenvalue weighted by Gasteiger charge is 2.23. The molecule has 90 valence electrons. The fourth-order valence-corrected chi connectivity index (χ4v) is 2.53. The van der Waals surface area contributed by atoms with Crippen molar-refractivity contribution >= 4 is 17.0 Å². The SMILES string of the molecule is OCCC1CCN(c2nc3ccccc3[nH]2)C1. The van der Waals surface area contributed by atoms with Gasteiger partial charge in [-0.15, -0.1) is 0 Å². The van der Waals surface area contributed by atoms with Crippen LogP contribution in [0.4, 0.5) is 5.95 Å². The van der Waals surface area contributed by atoms with E-state index in [1.807, 2.05) is 24.3 Å². The number of hydrogen-bond acceptors (Lipinski definition) is 3. The lowest BCUT2D eigenvalue weighted by Crippen LogP contribution is -2.21. The van der Waals surface area contributed by atoms with Gasteiger partial charge in [0.2, 0.25) is 5.95 Å². The fraction of sp³-hybridized carbons (Fsp3) is 0.462. The highest BCUT2D eigenvalue weighted by atomic mass is 16.3. The van der Waals surface area contributed by atoms with Crippen molar-refractivity contribution in [1.29, 1.82) is 0 Å². The molecule has 1 atom stereocenters. The van der Waals surface area contributed by atoms with Crippen molar-refractivity contribution in [2.24, 2.45) is 5.92 Å². The Labute approximate surface area is 100 Å². The van der Waals surface area contributed by atoms with E-state index < -0.39 is 0 Å². The second kappa shape index (κ2) is 4.37. The summed E-state index contributed by atoms with van der Waals surface area (Å²) in [6.45, 7) is 2.32. The first-order valence-electron chi connectivity index (χ1n) is 6.17. The van der Waals surface area contributed by atoms with Gasteiger partial charge in [-0.25, -0.2) is 4.98 Å². The molecule has 2 aromatic rings. The molecule has 4 nitrogen and oxygen atoms in total. The summed E-state index contributed by atoms with van der Waals surface area (Å²) in [4.78, 5) is 10.2. The summed E-state index contributed by atoms with van der Waals surface area (Å²) in [6, 6.07) is 8.10. The lowest BCUT2D eigenvalue weighted by atomic mass is 10.1. The lowest BCUT2D eigenvalue weighted by Gasteiger charge is -2.14. The molecule has 2 heterocycles. The normalized spacial score (nSPS) is 20.3. The molecule has 1 aliphatic heterocycles. The minimum atomic E-state index is 0.290. The zero-order valence-electron chi connectivity index (χ0n) is 9.76. The minimum Gasteiger partial charge on any atom is -0.396 e. The number of para-hydroxylation sites is 2. The van der Waals surface area contributed by atoms with Crippen molar-refractivity contribution in [3.63, 3.8) is 0 Å². The number of aromatic nitrogens is 2. The number of fused-ring (bicyclic) bond motifs is 1. The molecule has 0 radical (unpaired) electrons. The standard InChI is InChI=1S/C13H17N3O/c17-8-6-10-5-7-16(9-10)13-14-11-3-1-2-4-12(11)15-13/h1-4,10,17H,5-9H2,(H,14,15). The van der Waals surface area contributed by atoms with Crippen molar-refractivity contribution in [3.8, 4) is 0 Å². The molecule has 0 spiro atoms. The van der Waals surface area contributed by atoms with Crippen molar-refractivity contribution in [2.45, 2.75) is 12.8 Å². The zero-order valence-corrected chi connectivity index (χ0v) is 9.76. The molecule has 0 saturated carbocycles. The number of hydrogen-bond donors (Lipinski definition) is 2. The Morgan fingerprint density at radius 1 is 1.41 bits per heavy atom. The van der Waals surface area contributed by atoms with Crippen molar-refractivity contribution in [2.75, 3.05) is 24.6 Å². The van der Waals surface area contributed by atoms with Gasteiger partial charge in [0.1, 0.15) is 0 Å². The van der Waals surface area contributed by atoms with E-state index in [1.165, 1.54) is 0 Å². The Morgan fingerprint density at radius 3 is 3.12 bits per heavy atom. The third kappa shape index (κ3) is 2.00. The smallest absolute Gasteiger partial charge is 0.203 e. The second-order valence-electron chi connectivity index (χ2n) is 4.69. The minimum absolute atomic E-state index is 0.290. The topological polar surface area (TPSA) is 52.1 Å². The van der Waals surface area contributed by atoms with Crippen LogP contribution < -0.4 is 4.90 Å². The van der Waals surface area contributed by atoms with E-state index in [-0.39, 0.29) is 0 Å². The number of nitrogens with one attached hydrogen (secondary N) is 1. The monoisotopic (exact) mass is 231 g/mol. The molecule has 0 amide bonds. The largest absolute Gasteiger partial charge is 0.396 e. The van der Waals surface area contributed by atoms with Crippen LogP contribution in [0, 0.1) is 5.92 Å². The van der Waals surface area contributed by atoms with Gasteiger partial charge in [0.25, 0.3) is 0 Å². The van der Waals surface area contributed by atoms with Crippen LogP contribution in [0.2, 0.25) is 0 Å². The Kier molecular flexibility index (Phi) is 2.73. The first-order valence-corrected chi connectivity index (χ1v) is 6.17. The number of nitrogens with zero attached hydrogens (tertiary/aromatic N) is 2. The first-order chi connectivity index (χ1) is 8.36. The Morgan fingerprint density at radius 2 is 2.29 bits per heavy atom. The molecular weight excluding hydrogens is 214 g/mol. The van der Waals surface area contributed by atoms with Gasteiger partial charge in [-0.3, -0.25) is 0 Å². The van der Waals surface area contributed by atoms with Crippen LogP contribution >= 0.6 is 0 Å². The first kappa shape index (κ1) is 10.6. The summed E-state index contributed by atoms with van der Waals surface area (Å²) in [5.41, 5.74) is 2.11. The van der Waals surface area contributed by atoms with E-state index >= 15 is 0 Å². The van der Waals surface area contributed by atoms with E-state index in [9.17, 15) is 0 Å². The molecule has 1 aromatic heterocycles. The number of rotatable bonds is 3. The van der Waals surface area contributed by atoms with Gasteiger partial charge in [-0.1, -0.05) is 12.1 Å². The number of benzene rings is 1. The molecule has 4 heteroatoms. The third-order valence-electron chi connectivity index (χ3n) is 3.50. The summed E-state index contributed by atoms with van der Waals surface area (Å²) in [5, 5.41) is 8.96. The van der Waals surface area contributed by atoms with Crippen LogP contribution in [0.3, 0.4) is 0 Å². The summed E-state index contributed by atoms with van der Waals surface area (Å²) in [6.07, 6.45) is 2.05. The number of aromatic amines is 1. The van der Waals surface area contributed by atoms with Gasteiger partial charge in [0, 0.05) is 19.7 Å². The van der Waals surface area contributed by atoms with Crippen LogP contribution in [-0.2, 0) is 0 Å². The predicted molar refractivity (Wildman–Crippen MR) is 68.1 cm³/mol. The molecule has 17 heavy (non-hydrogen) atoms.